The summed E-state index contributed by atoms with van der Waals surface area (Å²) < 4.78 is 12.1. The van der Waals surface area contributed by atoms with Gasteiger partial charge in [-0.25, -0.2) is 4.98 Å². The Bertz CT molecular complexity index is 815. The number of para-hydroxylation sites is 2. The van der Waals surface area contributed by atoms with Gasteiger partial charge in [-0.1, -0.05) is 31.0 Å². The summed E-state index contributed by atoms with van der Waals surface area (Å²) in [7, 11) is 0. The number of nitrogens with one attached hydrogen (secondary N) is 1. The average molecular weight is 414 g/mol. The number of carbonyl (C=O) groups excluding carboxylic acids is 1. The minimum atomic E-state index is -0.258. The van der Waals surface area contributed by atoms with Gasteiger partial charge in [0.1, 0.15) is 0 Å². The Morgan fingerprint density at radius 2 is 1.97 bits per heavy atom. The van der Waals surface area contributed by atoms with Crippen LogP contribution in [0, 0.1) is 0 Å². The molecule has 3 rings (SSSR count). The molecule has 30 heavy (non-hydrogen) atoms. The third-order valence-electron chi connectivity index (χ3n) is 4.97. The second-order valence-electron chi connectivity index (χ2n) is 7.64. The fourth-order valence-electron chi connectivity index (χ4n) is 3.39. The zero-order chi connectivity index (χ0) is 21.2. The zero-order valence-electron chi connectivity index (χ0n) is 17.5. The van der Waals surface area contributed by atoms with Gasteiger partial charge >= 0.3 is 0 Å². The second-order valence-corrected chi connectivity index (χ2v) is 7.64. The summed E-state index contributed by atoms with van der Waals surface area (Å²) in [5.41, 5.74) is 0.910. The van der Waals surface area contributed by atoms with Crippen molar-refractivity contribution in [1.82, 2.24) is 15.2 Å². The molecule has 0 saturated heterocycles. The molecule has 0 saturated carbocycles. The van der Waals surface area contributed by atoms with E-state index in [0.29, 0.717) is 30.5 Å². The average Bonchev–Trinajstić information content (AvgIpc) is 2.74. The van der Waals surface area contributed by atoms with Crippen LogP contribution < -0.4 is 14.8 Å². The number of pyridine rings is 1. The van der Waals surface area contributed by atoms with Crippen molar-refractivity contribution in [2.24, 2.45) is 0 Å². The SMILES string of the molecule is C[C@@H](CO)NC(=O)CN1CCCCCCOc2ccccc2Oc2ncccc2C1. The molecule has 0 radical (unpaired) electrons. The van der Waals surface area contributed by atoms with E-state index in [4.69, 9.17) is 9.47 Å². The molecule has 7 heteroatoms. The van der Waals surface area contributed by atoms with E-state index >= 15 is 0 Å². The maximum absolute atomic E-state index is 12.4. The monoisotopic (exact) mass is 413 g/mol. The van der Waals surface area contributed by atoms with Gasteiger partial charge in [-0.15, -0.1) is 0 Å². The fraction of sp³-hybridized carbons (Fsp3) is 0.478. The van der Waals surface area contributed by atoms with E-state index in [0.717, 1.165) is 37.8 Å². The largest absolute Gasteiger partial charge is 0.490 e. The van der Waals surface area contributed by atoms with E-state index in [1.807, 2.05) is 36.4 Å². The van der Waals surface area contributed by atoms with Crippen LogP contribution >= 0.6 is 0 Å². The van der Waals surface area contributed by atoms with E-state index < -0.39 is 0 Å². The lowest BCUT2D eigenvalue weighted by atomic mass is 10.1. The van der Waals surface area contributed by atoms with Crippen molar-refractivity contribution in [3.05, 3.63) is 48.2 Å². The highest BCUT2D eigenvalue weighted by atomic mass is 16.5. The van der Waals surface area contributed by atoms with Crippen LogP contribution in [-0.4, -0.2) is 53.2 Å². The molecule has 162 valence electrons. The van der Waals surface area contributed by atoms with Gasteiger partial charge in [0, 0.05) is 24.3 Å². The predicted octanol–water partition coefficient (Wildman–Crippen LogP) is 3.13. The normalized spacial score (nSPS) is 16.7. The molecule has 7 nitrogen and oxygen atoms in total. The lowest BCUT2D eigenvalue weighted by Gasteiger charge is -2.24. The van der Waals surface area contributed by atoms with E-state index in [9.17, 15) is 9.90 Å². The Balaban J connectivity index is 1.81. The Morgan fingerprint density at radius 1 is 1.17 bits per heavy atom. The van der Waals surface area contributed by atoms with Crippen LogP contribution in [-0.2, 0) is 11.3 Å². The molecular weight excluding hydrogens is 382 g/mol. The maximum Gasteiger partial charge on any atom is 0.234 e. The summed E-state index contributed by atoms with van der Waals surface area (Å²) in [6.45, 7) is 3.96. The molecule has 1 aliphatic heterocycles. The smallest absolute Gasteiger partial charge is 0.234 e. The minimum Gasteiger partial charge on any atom is -0.490 e. The third kappa shape index (κ3) is 6.71. The lowest BCUT2D eigenvalue weighted by Crippen LogP contribution is -2.42. The summed E-state index contributed by atoms with van der Waals surface area (Å²) >= 11 is 0. The molecule has 0 aliphatic carbocycles. The number of benzene rings is 1. The Hall–Kier alpha value is -2.64. The second kappa shape index (κ2) is 11.5. The van der Waals surface area contributed by atoms with Crippen molar-refractivity contribution in [3.8, 4) is 17.4 Å². The number of hydrogen-bond donors (Lipinski definition) is 2. The molecule has 0 unspecified atom stereocenters. The zero-order valence-corrected chi connectivity index (χ0v) is 17.5. The summed E-state index contributed by atoms with van der Waals surface area (Å²) in [6, 6.07) is 11.2. The van der Waals surface area contributed by atoms with Gasteiger partial charge in [0.2, 0.25) is 11.8 Å². The van der Waals surface area contributed by atoms with Crippen molar-refractivity contribution in [2.75, 3.05) is 26.3 Å². The molecule has 0 bridgehead atoms. The molecule has 1 amide bonds. The molecule has 2 heterocycles. The number of rotatable bonds is 4. The molecule has 0 fully saturated rings. The van der Waals surface area contributed by atoms with Gasteiger partial charge in [0.25, 0.3) is 0 Å². The molecule has 2 aromatic rings. The number of fused-ring (bicyclic) bond motifs is 2. The first-order valence-electron chi connectivity index (χ1n) is 10.6. The van der Waals surface area contributed by atoms with Crippen LogP contribution in [0.4, 0.5) is 0 Å². The highest BCUT2D eigenvalue weighted by Gasteiger charge is 2.17. The third-order valence-corrected chi connectivity index (χ3v) is 4.97. The number of ether oxygens (including phenoxy) is 2. The fourth-order valence-corrected chi connectivity index (χ4v) is 3.39. The van der Waals surface area contributed by atoms with Gasteiger partial charge in [-0.3, -0.25) is 9.69 Å². The quantitative estimate of drug-likeness (QED) is 0.801. The van der Waals surface area contributed by atoms with Crippen LogP contribution in [0.5, 0.6) is 17.4 Å². The summed E-state index contributed by atoms with van der Waals surface area (Å²) in [5, 5.41) is 12.0. The summed E-state index contributed by atoms with van der Waals surface area (Å²) in [5.74, 6) is 1.76. The molecular formula is C23H31N3O4. The highest BCUT2D eigenvalue weighted by Crippen LogP contribution is 2.32. The van der Waals surface area contributed by atoms with E-state index in [-0.39, 0.29) is 25.1 Å². The van der Waals surface area contributed by atoms with Crippen molar-refractivity contribution in [3.63, 3.8) is 0 Å². The highest BCUT2D eigenvalue weighted by molar-refractivity contribution is 5.78. The molecule has 1 aromatic heterocycles. The van der Waals surface area contributed by atoms with Gasteiger partial charge in [0.15, 0.2) is 11.5 Å². The van der Waals surface area contributed by atoms with Crippen LogP contribution in [0.1, 0.15) is 38.2 Å². The van der Waals surface area contributed by atoms with Crippen molar-refractivity contribution >= 4 is 5.91 Å². The van der Waals surface area contributed by atoms with E-state index in [1.165, 1.54) is 0 Å². The van der Waals surface area contributed by atoms with E-state index in [1.54, 1.807) is 13.1 Å². The first kappa shape index (κ1) is 22.1. The number of amides is 1. The van der Waals surface area contributed by atoms with Crippen molar-refractivity contribution in [1.29, 1.82) is 0 Å². The number of hydrogen-bond acceptors (Lipinski definition) is 6. The molecule has 1 atom stereocenters. The van der Waals surface area contributed by atoms with E-state index in [2.05, 4.69) is 15.2 Å². The molecule has 2 N–H and O–H groups in total. The molecule has 1 aromatic carbocycles. The van der Waals surface area contributed by atoms with Crippen LogP contribution in [0.3, 0.4) is 0 Å². The van der Waals surface area contributed by atoms with Crippen LogP contribution in [0.2, 0.25) is 0 Å². The molecule has 1 aliphatic rings. The Labute approximate surface area is 178 Å². The van der Waals surface area contributed by atoms with Gasteiger partial charge in [-0.2, -0.15) is 0 Å². The number of nitrogens with zero attached hydrogens (tertiary/aromatic N) is 2. The lowest BCUT2D eigenvalue weighted by molar-refractivity contribution is -0.123. The first-order chi connectivity index (χ1) is 14.7. The van der Waals surface area contributed by atoms with Gasteiger partial charge in [0.05, 0.1) is 19.8 Å². The molecule has 0 spiro atoms. The van der Waals surface area contributed by atoms with Crippen molar-refractivity contribution in [2.45, 2.75) is 45.2 Å². The van der Waals surface area contributed by atoms with Gasteiger partial charge in [-0.05, 0) is 44.5 Å². The minimum absolute atomic E-state index is 0.0756. The first-order valence-corrected chi connectivity index (χ1v) is 10.6. The number of aromatic nitrogens is 1. The van der Waals surface area contributed by atoms with Gasteiger partial charge < -0.3 is 19.9 Å². The summed E-state index contributed by atoms with van der Waals surface area (Å²) in [6.07, 6.45) is 5.81. The topological polar surface area (TPSA) is 83.9 Å². The Kier molecular flexibility index (Phi) is 8.47. The number of carbonyl (C=O) groups is 1. The Morgan fingerprint density at radius 3 is 2.80 bits per heavy atom. The van der Waals surface area contributed by atoms with Crippen LogP contribution in [0.15, 0.2) is 42.6 Å². The van der Waals surface area contributed by atoms with Crippen LogP contribution in [0.25, 0.3) is 0 Å². The standard InChI is InChI=1S/C23H31N3O4/c1-18(17-27)25-22(28)16-26-13-6-2-3-7-14-29-20-10-4-5-11-21(20)30-23-19(15-26)9-8-12-24-23/h4-5,8-12,18,27H,2-3,6-7,13-17H2,1H3,(H,25,28)/t18-/m0/s1. The van der Waals surface area contributed by atoms with Crippen molar-refractivity contribution < 1.29 is 19.4 Å². The number of aliphatic hydroxyl groups is 1. The maximum atomic E-state index is 12.4. The predicted molar refractivity (Wildman–Crippen MR) is 115 cm³/mol. The number of aliphatic hydroxyl groups excluding tert-OH is 1. The summed E-state index contributed by atoms with van der Waals surface area (Å²) in [4.78, 5) is 18.9.